The van der Waals surface area contributed by atoms with Gasteiger partial charge in [-0.05, 0) is 31.7 Å². The number of cyclic esters (lactones) is 1. The Kier molecular flexibility index (Phi) is 10.5. The van der Waals surface area contributed by atoms with Crippen LogP contribution in [0.1, 0.15) is 58.9 Å². The standard InChI is InChI=1S/C25H37N3O6/c1-5-6-10-15(2)20-14-21(30)27-19(13-18-11-8-7-9-12-18)24(32)26-16(3)23(31)28-22(17(4)29)25(33)34-20/h7-9,11-12,15-17,19-20,22,29H,5-6,10,13-14H2,1-4H3,(H,26,32)(H,27,30)(H,28,31)/t15-,16-,17-,19-,20-,22?/m0/s1. The summed E-state index contributed by atoms with van der Waals surface area (Å²) in [6.07, 6.45) is 0.680. The van der Waals surface area contributed by atoms with Gasteiger partial charge in [-0.15, -0.1) is 0 Å². The summed E-state index contributed by atoms with van der Waals surface area (Å²) >= 11 is 0. The molecule has 1 heterocycles. The Balaban J connectivity index is 2.35. The normalized spacial score (nSPS) is 26.5. The third-order valence-electron chi connectivity index (χ3n) is 6.02. The molecule has 0 spiro atoms. The number of amides is 3. The molecule has 188 valence electrons. The smallest absolute Gasteiger partial charge is 0.331 e. The molecule has 1 aliphatic rings. The van der Waals surface area contributed by atoms with Crippen molar-refractivity contribution in [3.05, 3.63) is 35.9 Å². The summed E-state index contributed by atoms with van der Waals surface area (Å²) in [5, 5.41) is 17.9. The Labute approximate surface area is 201 Å². The van der Waals surface area contributed by atoms with Crippen molar-refractivity contribution in [3.8, 4) is 0 Å². The minimum absolute atomic E-state index is 0.134. The zero-order chi connectivity index (χ0) is 25.3. The number of nitrogens with one attached hydrogen (secondary N) is 3. The summed E-state index contributed by atoms with van der Waals surface area (Å²) in [4.78, 5) is 51.5. The van der Waals surface area contributed by atoms with E-state index >= 15 is 0 Å². The number of ether oxygens (including phenoxy) is 1. The Morgan fingerprint density at radius 3 is 2.32 bits per heavy atom. The number of hydrogen-bond acceptors (Lipinski definition) is 6. The van der Waals surface area contributed by atoms with Crippen LogP contribution in [0.2, 0.25) is 0 Å². The second-order valence-electron chi connectivity index (χ2n) is 9.07. The van der Waals surface area contributed by atoms with Crippen LogP contribution in [-0.2, 0) is 30.3 Å². The van der Waals surface area contributed by atoms with Crippen LogP contribution in [0.4, 0.5) is 0 Å². The minimum atomic E-state index is -1.32. The van der Waals surface area contributed by atoms with Crippen molar-refractivity contribution < 1.29 is 29.0 Å². The van der Waals surface area contributed by atoms with E-state index in [0.717, 1.165) is 24.8 Å². The number of aliphatic hydroxyl groups excluding tert-OH is 1. The monoisotopic (exact) mass is 475 g/mol. The van der Waals surface area contributed by atoms with Crippen molar-refractivity contribution in [2.45, 2.75) is 90.1 Å². The van der Waals surface area contributed by atoms with E-state index in [1.54, 1.807) is 0 Å². The first kappa shape index (κ1) is 27.3. The van der Waals surface area contributed by atoms with Gasteiger partial charge in [0.2, 0.25) is 17.7 Å². The number of unbranched alkanes of at least 4 members (excludes halogenated alkanes) is 1. The zero-order valence-corrected chi connectivity index (χ0v) is 20.4. The predicted octanol–water partition coefficient (Wildman–Crippen LogP) is 1.23. The maximum atomic E-state index is 13.0. The average molecular weight is 476 g/mol. The molecule has 1 aliphatic heterocycles. The molecule has 0 aromatic heterocycles. The number of rotatable bonds is 7. The summed E-state index contributed by atoms with van der Waals surface area (Å²) < 4.78 is 5.65. The molecule has 3 amide bonds. The molecule has 0 saturated carbocycles. The van der Waals surface area contributed by atoms with Crippen LogP contribution in [0, 0.1) is 5.92 Å². The molecule has 1 aromatic carbocycles. The second kappa shape index (κ2) is 13.1. The third-order valence-corrected chi connectivity index (χ3v) is 6.02. The number of carbonyl (C=O) groups excluding carboxylic acids is 4. The number of carbonyl (C=O) groups is 4. The van der Waals surface area contributed by atoms with Gasteiger partial charge in [-0.2, -0.15) is 0 Å². The molecular weight excluding hydrogens is 438 g/mol. The van der Waals surface area contributed by atoms with Gasteiger partial charge in [0.1, 0.15) is 18.2 Å². The van der Waals surface area contributed by atoms with Gasteiger partial charge in [0.15, 0.2) is 6.04 Å². The van der Waals surface area contributed by atoms with Crippen molar-refractivity contribution in [2.24, 2.45) is 5.92 Å². The van der Waals surface area contributed by atoms with Gasteiger partial charge in [-0.25, -0.2) is 4.79 Å². The minimum Gasteiger partial charge on any atom is -0.460 e. The van der Waals surface area contributed by atoms with Crippen LogP contribution >= 0.6 is 0 Å². The number of esters is 1. The Bertz CT molecular complexity index is 844. The lowest BCUT2D eigenvalue weighted by atomic mass is 9.95. The van der Waals surface area contributed by atoms with E-state index in [0.29, 0.717) is 0 Å². The number of hydrogen-bond donors (Lipinski definition) is 4. The maximum absolute atomic E-state index is 13.0. The van der Waals surface area contributed by atoms with E-state index in [1.165, 1.54) is 13.8 Å². The summed E-state index contributed by atoms with van der Waals surface area (Å²) in [6.45, 7) is 6.77. The second-order valence-corrected chi connectivity index (χ2v) is 9.07. The topological polar surface area (TPSA) is 134 Å². The summed E-state index contributed by atoms with van der Waals surface area (Å²) in [7, 11) is 0. The van der Waals surface area contributed by atoms with Crippen molar-refractivity contribution in [1.82, 2.24) is 16.0 Å². The SMILES string of the molecule is CCCC[C@H](C)[C@@H]1CC(=O)N[C@@H](Cc2ccccc2)C(=O)N[C@@H](C)C(=O)NC([C@H](C)O)C(=O)O1. The van der Waals surface area contributed by atoms with E-state index in [2.05, 4.69) is 16.0 Å². The predicted molar refractivity (Wildman–Crippen MR) is 126 cm³/mol. The summed E-state index contributed by atoms with van der Waals surface area (Å²) in [6, 6.07) is 5.99. The van der Waals surface area contributed by atoms with Gasteiger partial charge in [-0.3, -0.25) is 14.4 Å². The highest BCUT2D eigenvalue weighted by atomic mass is 16.5. The molecule has 0 bridgehead atoms. The molecule has 9 nitrogen and oxygen atoms in total. The van der Waals surface area contributed by atoms with Crippen molar-refractivity contribution in [3.63, 3.8) is 0 Å². The molecular formula is C25H37N3O6. The van der Waals surface area contributed by atoms with Gasteiger partial charge in [-0.1, -0.05) is 57.0 Å². The van der Waals surface area contributed by atoms with Gasteiger partial charge in [0.25, 0.3) is 0 Å². The van der Waals surface area contributed by atoms with Crippen LogP contribution < -0.4 is 16.0 Å². The third kappa shape index (κ3) is 8.13. The number of aliphatic hydroxyl groups is 1. The molecule has 0 aliphatic carbocycles. The quantitative estimate of drug-likeness (QED) is 0.438. The van der Waals surface area contributed by atoms with Crippen LogP contribution in [-0.4, -0.2) is 59.1 Å². The van der Waals surface area contributed by atoms with Gasteiger partial charge >= 0.3 is 5.97 Å². The van der Waals surface area contributed by atoms with Gasteiger partial charge < -0.3 is 25.8 Å². The molecule has 2 rings (SSSR count). The first-order chi connectivity index (χ1) is 16.1. The van der Waals surface area contributed by atoms with Crippen molar-refractivity contribution in [1.29, 1.82) is 0 Å². The fourth-order valence-corrected chi connectivity index (χ4v) is 3.82. The summed E-state index contributed by atoms with van der Waals surface area (Å²) in [5.74, 6) is -2.54. The highest BCUT2D eigenvalue weighted by Gasteiger charge is 2.35. The fraction of sp³-hybridized carbons (Fsp3) is 0.600. The Hall–Kier alpha value is -2.94. The molecule has 6 atom stereocenters. The van der Waals surface area contributed by atoms with Crippen LogP contribution in [0.5, 0.6) is 0 Å². The van der Waals surface area contributed by atoms with E-state index < -0.39 is 54.0 Å². The van der Waals surface area contributed by atoms with Crippen LogP contribution in [0.3, 0.4) is 0 Å². The first-order valence-electron chi connectivity index (χ1n) is 11.9. The van der Waals surface area contributed by atoms with E-state index in [-0.39, 0.29) is 18.8 Å². The lowest BCUT2D eigenvalue weighted by Crippen LogP contribution is -2.56. The highest BCUT2D eigenvalue weighted by molar-refractivity contribution is 5.94. The van der Waals surface area contributed by atoms with Gasteiger partial charge in [0, 0.05) is 6.42 Å². The lowest BCUT2D eigenvalue weighted by Gasteiger charge is -2.27. The molecule has 1 saturated heterocycles. The molecule has 1 fully saturated rings. The Morgan fingerprint density at radius 2 is 1.71 bits per heavy atom. The molecule has 1 unspecified atom stereocenters. The molecule has 1 aromatic rings. The molecule has 34 heavy (non-hydrogen) atoms. The van der Waals surface area contributed by atoms with E-state index in [9.17, 15) is 24.3 Å². The van der Waals surface area contributed by atoms with Gasteiger partial charge in [0.05, 0.1) is 12.5 Å². The van der Waals surface area contributed by atoms with E-state index in [1.807, 2.05) is 44.2 Å². The lowest BCUT2D eigenvalue weighted by molar-refractivity contribution is -0.159. The largest absolute Gasteiger partial charge is 0.460 e. The maximum Gasteiger partial charge on any atom is 0.331 e. The van der Waals surface area contributed by atoms with Crippen LogP contribution in [0.15, 0.2) is 30.3 Å². The van der Waals surface area contributed by atoms with Crippen LogP contribution in [0.25, 0.3) is 0 Å². The molecule has 9 heteroatoms. The Morgan fingerprint density at radius 1 is 1.03 bits per heavy atom. The van der Waals surface area contributed by atoms with Crippen molar-refractivity contribution >= 4 is 23.7 Å². The van der Waals surface area contributed by atoms with E-state index in [4.69, 9.17) is 4.74 Å². The average Bonchev–Trinajstić information content (AvgIpc) is 2.79. The van der Waals surface area contributed by atoms with Crippen molar-refractivity contribution in [2.75, 3.05) is 0 Å². The molecule has 0 radical (unpaired) electrons. The first-order valence-corrected chi connectivity index (χ1v) is 11.9. The number of benzene rings is 1. The highest BCUT2D eigenvalue weighted by Crippen LogP contribution is 2.20. The fourth-order valence-electron chi connectivity index (χ4n) is 3.82. The molecule has 4 N–H and O–H groups in total. The zero-order valence-electron chi connectivity index (χ0n) is 20.4. The summed E-state index contributed by atoms with van der Waals surface area (Å²) in [5.41, 5.74) is 0.845.